The molecule has 2 aromatic rings. The van der Waals surface area contributed by atoms with Gasteiger partial charge in [-0.25, -0.2) is 0 Å². The number of fused-ring (bicyclic) bond motifs is 1. The number of carbonyl (C=O) groups excluding carboxylic acids is 1. The summed E-state index contributed by atoms with van der Waals surface area (Å²) in [6.45, 7) is 0.0611. The summed E-state index contributed by atoms with van der Waals surface area (Å²) in [5.41, 5.74) is 0. The Labute approximate surface area is 92.4 Å². The lowest BCUT2D eigenvalue weighted by Crippen LogP contribution is -1.97. The molecule has 0 atom stereocenters. The van der Waals surface area contributed by atoms with Gasteiger partial charge in [-0.15, -0.1) is 0 Å². The van der Waals surface area contributed by atoms with Gasteiger partial charge in [-0.1, -0.05) is 29.8 Å². The van der Waals surface area contributed by atoms with Crippen LogP contribution in [0.2, 0.25) is 5.02 Å². The molecule has 0 saturated heterocycles. The minimum Gasteiger partial charge on any atom is -0.485 e. The average molecular weight is 221 g/mol. The summed E-state index contributed by atoms with van der Waals surface area (Å²) in [6.07, 6.45) is 0.726. The van der Waals surface area contributed by atoms with Crippen molar-refractivity contribution in [1.29, 1.82) is 0 Å². The van der Waals surface area contributed by atoms with Crippen molar-refractivity contribution in [3.63, 3.8) is 0 Å². The SMILES string of the molecule is O=CCOc1cccc2ccc(Cl)cc12. The van der Waals surface area contributed by atoms with Gasteiger partial charge in [0.1, 0.15) is 12.4 Å². The normalized spacial score (nSPS) is 10.2. The van der Waals surface area contributed by atoms with Gasteiger partial charge in [-0.2, -0.15) is 0 Å². The van der Waals surface area contributed by atoms with Crippen LogP contribution in [0.5, 0.6) is 5.75 Å². The van der Waals surface area contributed by atoms with Gasteiger partial charge < -0.3 is 4.74 Å². The molecule has 0 N–H and O–H groups in total. The number of hydrogen-bond donors (Lipinski definition) is 0. The minimum atomic E-state index is 0.0611. The van der Waals surface area contributed by atoms with Crippen LogP contribution in [0.25, 0.3) is 10.8 Å². The number of ether oxygens (including phenoxy) is 1. The van der Waals surface area contributed by atoms with E-state index in [1.54, 1.807) is 0 Å². The van der Waals surface area contributed by atoms with Crippen LogP contribution in [0.1, 0.15) is 0 Å². The van der Waals surface area contributed by atoms with Crippen LogP contribution in [-0.2, 0) is 4.79 Å². The largest absolute Gasteiger partial charge is 0.485 e. The molecular weight excluding hydrogens is 212 g/mol. The third-order valence-electron chi connectivity index (χ3n) is 2.11. The van der Waals surface area contributed by atoms with Crippen LogP contribution >= 0.6 is 11.6 Å². The first-order valence-electron chi connectivity index (χ1n) is 4.56. The zero-order chi connectivity index (χ0) is 10.7. The summed E-state index contributed by atoms with van der Waals surface area (Å²) in [5, 5.41) is 2.62. The highest BCUT2D eigenvalue weighted by Gasteiger charge is 2.01. The number of rotatable bonds is 3. The summed E-state index contributed by atoms with van der Waals surface area (Å²) in [6, 6.07) is 11.3. The molecule has 2 rings (SSSR count). The number of benzene rings is 2. The maximum atomic E-state index is 10.2. The Morgan fingerprint density at radius 2 is 2.13 bits per heavy atom. The Kier molecular flexibility index (Phi) is 2.88. The van der Waals surface area contributed by atoms with Crippen molar-refractivity contribution in [3.8, 4) is 5.75 Å². The molecule has 0 amide bonds. The summed E-state index contributed by atoms with van der Waals surface area (Å²) < 4.78 is 5.30. The second kappa shape index (κ2) is 4.32. The van der Waals surface area contributed by atoms with E-state index in [4.69, 9.17) is 16.3 Å². The summed E-state index contributed by atoms with van der Waals surface area (Å²) in [4.78, 5) is 10.2. The van der Waals surface area contributed by atoms with Crippen molar-refractivity contribution in [2.75, 3.05) is 6.61 Å². The number of halogens is 1. The molecule has 0 aliphatic carbocycles. The zero-order valence-electron chi connectivity index (χ0n) is 7.94. The molecular formula is C12H9ClO2. The first kappa shape index (κ1) is 9.99. The monoisotopic (exact) mass is 220 g/mol. The Morgan fingerprint density at radius 1 is 1.27 bits per heavy atom. The molecule has 2 nitrogen and oxygen atoms in total. The van der Waals surface area contributed by atoms with Gasteiger partial charge in [0.05, 0.1) is 0 Å². The van der Waals surface area contributed by atoms with E-state index in [0.717, 1.165) is 17.1 Å². The molecule has 0 heterocycles. The predicted octanol–water partition coefficient (Wildman–Crippen LogP) is 3.07. The van der Waals surface area contributed by atoms with Crippen LogP contribution in [-0.4, -0.2) is 12.9 Å². The van der Waals surface area contributed by atoms with Crippen molar-refractivity contribution in [1.82, 2.24) is 0 Å². The van der Waals surface area contributed by atoms with E-state index in [0.29, 0.717) is 10.8 Å². The van der Waals surface area contributed by atoms with Gasteiger partial charge in [-0.05, 0) is 23.6 Å². The van der Waals surface area contributed by atoms with Crippen molar-refractivity contribution < 1.29 is 9.53 Å². The Bertz CT molecular complexity index is 494. The molecule has 0 spiro atoms. The molecule has 0 aromatic heterocycles. The predicted molar refractivity (Wildman–Crippen MR) is 60.5 cm³/mol. The first-order chi connectivity index (χ1) is 7.31. The van der Waals surface area contributed by atoms with Gasteiger partial charge in [0.2, 0.25) is 0 Å². The first-order valence-corrected chi connectivity index (χ1v) is 4.94. The van der Waals surface area contributed by atoms with E-state index in [9.17, 15) is 4.79 Å². The van der Waals surface area contributed by atoms with E-state index >= 15 is 0 Å². The van der Waals surface area contributed by atoms with Crippen LogP contribution in [0, 0.1) is 0 Å². The number of hydrogen-bond acceptors (Lipinski definition) is 2. The van der Waals surface area contributed by atoms with Gasteiger partial charge >= 0.3 is 0 Å². The van der Waals surface area contributed by atoms with E-state index in [-0.39, 0.29) is 6.61 Å². The van der Waals surface area contributed by atoms with Crippen molar-refractivity contribution in [2.24, 2.45) is 0 Å². The van der Waals surface area contributed by atoms with E-state index in [1.807, 2.05) is 36.4 Å². The summed E-state index contributed by atoms with van der Waals surface area (Å²) >= 11 is 5.90. The lowest BCUT2D eigenvalue weighted by Gasteiger charge is -2.06. The van der Waals surface area contributed by atoms with Crippen molar-refractivity contribution in [3.05, 3.63) is 41.4 Å². The Balaban J connectivity index is 2.52. The molecule has 2 aromatic carbocycles. The molecule has 0 bridgehead atoms. The highest BCUT2D eigenvalue weighted by molar-refractivity contribution is 6.31. The minimum absolute atomic E-state index is 0.0611. The molecule has 3 heteroatoms. The molecule has 15 heavy (non-hydrogen) atoms. The van der Waals surface area contributed by atoms with Gasteiger partial charge in [0.25, 0.3) is 0 Å². The molecule has 0 saturated carbocycles. The maximum Gasteiger partial charge on any atom is 0.157 e. The van der Waals surface area contributed by atoms with Gasteiger partial charge in [0, 0.05) is 10.4 Å². The van der Waals surface area contributed by atoms with Gasteiger partial charge in [0.15, 0.2) is 6.29 Å². The van der Waals surface area contributed by atoms with Crippen LogP contribution in [0.4, 0.5) is 0 Å². The highest BCUT2D eigenvalue weighted by atomic mass is 35.5. The summed E-state index contributed by atoms with van der Waals surface area (Å²) in [7, 11) is 0. The highest BCUT2D eigenvalue weighted by Crippen LogP contribution is 2.27. The standard InChI is InChI=1S/C12H9ClO2/c13-10-5-4-9-2-1-3-12(11(9)8-10)15-7-6-14/h1-6,8H,7H2. The van der Waals surface area contributed by atoms with Gasteiger partial charge in [-0.3, -0.25) is 4.79 Å². The van der Waals surface area contributed by atoms with E-state index in [1.165, 1.54) is 0 Å². The summed E-state index contributed by atoms with van der Waals surface area (Å²) in [5.74, 6) is 0.683. The average Bonchev–Trinajstić information content (AvgIpc) is 2.26. The van der Waals surface area contributed by atoms with Crippen LogP contribution < -0.4 is 4.74 Å². The second-order valence-corrected chi connectivity index (χ2v) is 3.54. The third kappa shape index (κ3) is 2.10. The van der Waals surface area contributed by atoms with Crippen LogP contribution in [0.3, 0.4) is 0 Å². The van der Waals surface area contributed by atoms with Crippen molar-refractivity contribution in [2.45, 2.75) is 0 Å². The van der Waals surface area contributed by atoms with Crippen molar-refractivity contribution >= 4 is 28.7 Å². The van der Waals surface area contributed by atoms with E-state index < -0.39 is 0 Å². The molecule has 0 radical (unpaired) electrons. The third-order valence-corrected chi connectivity index (χ3v) is 2.35. The second-order valence-electron chi connectivity index (χ2n) is 3.10. The number of carbonyl (C=O) groups is 1. The Hall–Kier alpha value is -1.54. The maximum absolute atomic E-state index is 10.2. The molecule has 0 fully saturated rings. The fraction of sp³-hybridized carbons (Fsp3) is 0.0833. The fourth-order valence-electron chi connectivity index (χ4n) is 1.47. The van der Waals surface area contributed by atoms with E-state index in [2.05, 4.69) is 0 Å². The molecule has 0 aliphatic heterocycles. The topological polar surface area (TPSA) is 26.3 Å². The lowest BCUT2D eigenvalue weighted by molar-refractivity contribution is -0.109. The Morgan fingerprint density at radius 3 is 2.93 bits per heavy atom. The molecule has 76 valence electrons. The quantitative estimate of drug-likeness (QED) is 0.744. The zero-order valence-corrected chi connectivity index (χ0v) is 8.70. The lowest BCUT2D eigenvalue weighted by atomic mass is 10.1. The smallest absolute Gasteiger partial charge is 0.157 e. The molecule has 0 aliphatic rings. The molecule has 0 unspecified atom stereocenters. The fourth-order valence-corrected chi connectivity index (χ4v) is 1.64. The van der Waals surface area contributed by atoms with Crippen LogP contribution in [0.15, 0.2) is 36.4 Å². The number of aldehydes is 1.